The molecule has 0 spiro atoms. The Kier molecular flexibility index (Phi) is 13.4. The van der Waals surface area contributed by atoms with Gasteiger partial charge in [-0.25, -0.2) is 0 Å². The van der Waals surface area contributed by atoms with Gasteiger partial charge in [-0.2, -0.15) is 10.6 Å². The number of hydrogen-bond donors (Lipinski definition) is 5. The van der Waals surface area contributed by atoms with E-state index in [-0.39, 0.29) is 23.3 Å². The summed E-state index contributed by atoms with van der Waals surface area (Å²) < 4.78 is 20.3. The van der Waals surface area contributed by atoms with Crippen molar-refractivity contribution in [1.82, 2.24) is 20.5 Å². The molecule has 2 amide bonds. The van der Waals surface area contributed by atoms with E-state index in [9.17, 15) is 18.7 Å². The predicted octanol–water partition coefficient (Wildman–Crippen LogP) is 4.62. The molecule has 0 aliphatic rings. The number of amides is 2. The van der Waals surface area contributed by atoms with Gasteiger partial charge in [0.1, 0.15) is 0 Å². The van der Waals surface area contributed by atoms with Crippen LogP contribution in [0.4, 0.5) is 0 Å². The fourth-order valence-corrected chi connectivity index (χ4v) is 4.49. The van der Waals surface area contributed by atoms with E-state index in [4.69, 9.17) is 0 Å². The maximum absolute atomic E-state index is 12.9. The number of nitrogens with one attached hydrogen (secondary N) is 3. The molecule has 1 heterocycles. The molecule has 1 rings (SSSR count). The van der Waals surface area contributed by atoms with Crippen molar-refractivity contribution in [2.75, 3.05) is 37.7 Å². The Hall–Kier alpha value is -2.59. The van der Waals surface area contributed by atoms with Crippen LogP contribution in [0, 0.1) is 13.8 Å². The highest BCUT2D eigenvalue weighted by molar-refractivity contribution is 8.24. The van der Waals surface area contributed by atoms with Gasteiger partial charge in [-0.3, -0.25) is 18.7 Å². The number of hydrogen-bond acceptors (Lipinski definition) is 5. The van der Waals surface area contributed by atoms with Crippen LogP contribution in [0.2, 0.25) is 0 Å². The molecule has 5 N–H and O–H groups in total. The van der Waals surface area contributed by atoms with E-state index in [2.05, 4.69) is 34.4 Å². The minimum Gasteiger partial charge on any atom is -0.358 e. The fraction of sp³-hybridized carbons (Fsp3) is 0.462. The highest BCUT2D eigenvalue weighted by Crippen LogP contribution is 2.38. The number of nitrogens with zero attached hydrogens (tertiary/aromatic N) is 1. The van der Waals surface area contributed by atoms with E-state index < -0.39 is 10.6 Å². The number of carbonyl (C=O) groups is 2. The van der Waals surface area contributed by atoms with Crippen LogP contribution in [0.1, 0.15) is 55.0 Å². The molecule has 0 fully saturated rings. The standard InChI is InChI=1S/C26H42N4O4S/c1-7-11-17-35(33,34)18-12-13-22(25(31)27-14-8-2)19-23-20(5)24(21(6)29-23)26(32)28-15-16-30(9-3)10-4/h7-8,11-14,19,29,33-34H,9-10,15-18H2,1-6H3,(H,27,31)(H,28,32)/b11-7+,13-12+,14-8+,22-19-. The predicted molar refractivity (Wildman–Crippen MR) is 148 cm³/mol. The highest BCUT2D eigenvalue weighted by Gasteiger charge is 2.18. The van der Waals surface area contributed by atoms with Crippen molar-refractivity contribution in [1.29, 1.82) is 0 Å². The monoisotopic (exact) mass is 506 g/mol. The lowest BCUT2D eigenvalue weighted by Crippen LogP contribution is -2.35. The average molecular weight is 507 g/mol. The largest absolute Gasteiger partial charge is 0.358 e. The first-order valence-corrected chi connectivity index (χ1v) is 13.8. The second kappa shape index (κ2) is 15.4. The minimum absolute atomic E-state index is 0.0362. The molecule has 9 heteroatoms. The summed E-state index contributed by atoms with van der Waals surface area (Å²) in [6, 6.07) is 0. The summed E-state index contributed by atoms with van der Waals surface area (Å²) in [6.45, 7) is 14.7. The molecule has 0 aliphatic carbocycles. The fourth-order valence-electron chi connectivity index (χ4n) is 3.45. The van der Waals surface area contributed by atoms with Crippen molar-refractivity contribution in [2.24, 2.45) is 0 Å². The molecule has 196 valence electrons. The molecule has 8 nitrogen and oxygen atoms in total. The molecule has 0 bridgehead atoms. The van der Waals surface area contributed by atoms with Crippen LogP contribution in [-0.2, 0) is 4.79 Å². The van der Waals surface area contributed by atoms with Crippen LogP contribution in [0.5, 0.6) is 0 Å². The maximum Gasteiger partial charge on any atom is 0.255 e. The van der Waals surface area contributed by atoms with Crippen LogP contribution in [0.3, 0.4) is 0 Å². The molecule has 0 unspecified atom stereocenters. The van der Waals surface area contributed by atoms with E-state index in [0.717, 1.165) is 25.2 Å². The number of aryl methyl sites for hydroxylation is 1. The number of H-pyrrole nitrogens is 1. The van der Waals surface area contributed by atoms with E-state index >= 15 is 0 Å². The van der Waals surface area contributed by atoms with Crippen molar-refractivity contribution in [3.8, 4) is 0 Å². The zero-order valence-corrected chi connectivity index (χ0v) is 22.7. The van der Waals surface area contributed by atoms with Crippen molar-refractivity contribution in [3.05, 3.63) is 64.7 Å². The first kappa shape index (κ1) is 30.4. The number of carbonyl (C=O) groups excluding carboxylic acids is 2. The number of aromatic amines is 1. The van der Waals surface area contributed by atoms with Gasteiger partial charge < -0.3 is 20.5 Å². The van der Waals surface area contributed by atoms with Gasteiger partial charge in [0.05, 0.1) is 17.1 Å². The Morgan fingerprint density at radius 3 is 2.31 bits per heavy atom. The Balaban J connectivity index is 3.16. The molecule has 1 aromatic rings. The molecule has 0 radical (unpaired) electrons. The second-order valence-electron chi connectivity index (χ2n) is 8.13. The van der Waals surface area contributed by atoms with Crippen molar-refractivity contribution in [2.45, 2.75) is 41.5 Å². The molecular weight excluding hydrogens is 464 g/mol. The van der Waals surface area contributed by atoms with Gasteiger partial charge in [0.15, 0.2) is 0 Å². The van der Waals surface area contributed by atoms with Gasteiger partial charge in [0, 0.05) is 30.1 Å². The molecule has 1 aromatic heterocycles. The third kappa shape index (κ3) is 10.3. The molecule has 0 aromatic carbocycles. The van der Waals surface area contributed by atoms with Gasteiger partial charge in [-0.1, -0.05) is 44.2 Å². The molecule has 0 aliphatic heterocycles. The topological polar surface area (TPSA) is 118 Å². The molecular formula is C26H42N4O4S. The summed E-state index contributed by atoms with van der Waals surface area (Å²) in [7, 11) is -2.81. The lowest BCUT2D eigenvalue weighted by atomic mass is 10.1. The van der Waals surface area contributed by atoms with Crippen LogP contribution >= 0.6 is 10.6 Å². The quantitative estimate of drug-likeness (QED) is 0.143. The van der Waals surface area contributed by atoms with Crippen molar-refractivity contribution >= 4 is 28.5 Å². The normalized spacial score (nSPS) is 13.5. The number of rotatable bonds is 14. The summed E-state index contributed by atoms with van der Waals surface area (Å²) in [5, 5.41) is 5.66. The van der Waals surface area contributed by atoms with E-state index in [1.54, 1.807) is 43.4 Å². The number of aromatic nitrogens is 1. The van der Waals surface area contributed by atoms with Gasteiger partial charge in [0.25, 0.3) is 11.8 Å². The average Bonchev–Trinajstić information content (AvgIpc) is 3.10. The Bertz CT molecular complexity index is 957. The first-order valence-electron chi connectivity index (χ1n) is 11.9. The zero-order valence-electron chi connectivity index (χ0n) is 21.9. The van der Waals surface area contributed by atoms with Crippen LogP contribution < -0.4 is 10.6 Å². The number of likely N-dealkylation sites (N-methyl/N-ethyl adjacent to an activating group) is 1. The minimum atomic E-state index is -2.81. The Morgan fingerprint density at radius 1 is 1.06 bits per heavy atom. The van der Waals surface area contributed by atoms with Crippen LogP contribution in [0.25, 0.3) is 6.08 Å². The van der Waals surface area contributed by atoms with E-state index in [0.29, 0.717) is 29.1 Å². The summed E-state index contributed by atoms with van der Waals surface area (Å²) in [4.78, 5) is 31.0. The lowest BCUT2D eigenvalue weighted by molar-refractivity contribution is -0.116. The SMILES string of the molecule is C/C=C/CS(O)(O)C/C=C/C(=C/c1[nH]c(C)c(C(=O)NCCN(CC)CC)c1C)C(=O)N/C=C/C. The third-order valence-electron chi connectivity index (χ3n) is 5.51. The summed E-state index contributed by atoms with van der Waals surface area (Å²) >= 11 is 0. The van der Waals surface area contributed by atoms with E-state index in [1.807, 2.05) is 20.8 Å². The van der Waals surface area contributed by atoms with Crippen molar-refractivity contribution in [3.63, 3.8) is 0 Å². The Labute approximate surface area is 211 Å². The zero-order chi connectivity index (χ0) is 26.4. The molecule has 0 atom stereocenters. The smallest absolute Gasteiger partial charge is 0.255 e. The van der Waals surface area contributed by atoms with Gasteiger partial charge in [0.2, 0.25) is 0 Å². The second-order valence-corrected chi connectivity index (χ2v) is 10.4. The first-order chi connectivity index (χ1) is 16.6. The van der Waals surface area contributed by atoms with Gasteiger partial charge >= 0.3 is 0 Å². The van der Waals surface area contributed by atoms with Gasteiger partial charge in [-0.15, -0.1) is 0 Å². The summed E-state index contributed by atoms with van der Waals surface area (Å²) in [5.74, 6) is -0.300. The molecule has 0 saturated heterocycles. The maximum atomic E-state index is 12.9. The summed E-state index contributed by atoms with van der Waals surface area (Å²) in [6.07, 6.45) is 11.5. The highest BCUT2D eigenvalue weighted by atomic mass is 32.3. The molecule has 35 heavy (non-hydrogen) atoms. The van der Waals surface area contributed by atoms with Crippen LogP contribution in [0.15, 0.2) is 42.2 Å². The molecule has 0 saturated carbocycles. The van der Waals surface area contributed by atoms with Crippen LogP contribution in [-0.4, -0.2) is 68.5 Å². The lowest BCUT2D eigenvalue weighted by Gasteiger charge is -2.29. The third-order valence-corrected chi connectivity index (χ3v) is 6.97. The Morgan fingerprint density at radius 2 is 1.71 bits per heavy atom. The van der Waals surface area contributed by atoms with Gasteiger partial charge in [-0.05, 0) is 58.6 Å². The van der Waals surface area contributed by atoms with E-state index in [1.165, 1.54) is 6.20 Å². The summed E-state index contributed by atoms with van der Waals surface area (Å²) in [5.41, 5.74) is 2.99. The van der Waals surface area contributed by atoms with Crippen molar-refractivity contribution < 1.29 is 18.7 Å². The number of allylic oxidation sites excluding steroid dienone is 2.